The zero-order valence-electron chi connectivity index (χ0n) is 8.96. The second-order valence-electron chi connectivity index (χ2n) is 2.92. The van der Waals surface area contributed by atoms with Crippen molar-refractivity contribution in [3.05, 3.63) is 42.5 Å². The molecule has 0 heterocycles. The summed E-state index contributed by atoms with van der Waals surface area (Å²) in [5.41, 5.74) is 2.21. The van der Waals surface area contributed by atoms with E-state index in [0.29, 0.717) is 5.75 Å². The molecule has 0 bridgehead atoms. The number of hydrogen-bond acceptors (Lipinski definition) is 2. The fourth-order valence-electron chi connectivity index (χ4n) is 1.16. The number of benzene rings is 1. The summed E-state index contributed by atoms with van der Waals surface area (Å²) < 4.78 is 4.94. The molecule has 0 aliphatic rings. The highest BCUT2D eigenvalue weighted by molar-refractivity contribution is 5.69. The summed E-state index contributed by atoms with van der Waals surface area (Å²) in [6.07, 6.45) is 0. The Labute approximate surface area is 85.2 Å². The molecule has 0 radical (unpaired) electrons. The number of hydrogen-bond donors (Lipinski definition) is 0. The van der Waals surface area contributed by atoms with Gasteiger partial charge < -0.3 is 4.74 Å². The first-order valence-electron chi connectivity index (χ1n) is 4.34. The van der Waals surface area contributed by atoms with Crippen molar-refractivity contribution < 1.29 is 9.53 Å². The Bertz CT molecular complexity index is 296. The average Bonchev–Trinajstić information content (AvgIpc) is 2.04. The predicted molar refractivity (Wildman–Crippen MR) is 58.5 cm³/mol. The zero-order chi connectivity index (χ0) is 11.1. The minimum Gasteiger partial charge on any atom is -0.427 e. The van der Waals surface area contributed by atoms with Gasteiger partial charge in [-0.1, -0.05) is 6.07 Å². The van der Waals surface area contributed by atoms with Crippen molar-refractivity contribution >= 4 is 5.97 Å². The normalized spacial score (nSPS) is 8.50. The molecule has 2 heteroatoms. The summed E-state index contributed by atoms with van der Waals surface area (Å²) >= 11 is 0. The van der Waals surface area contributed by atoms with Gasteiger partial charge in [-0.05, 0) is 37.1 Å². The quantitative estimate of drug-likeness (QED) is 0.388. The summed E-state index contributed by atoms with van der Waals surface area (Å²) in [6, 6.07) is 5.72. The summed E-state index contributed by atoms with van der Waals surface area (Å²) in [6.45, 7) is 11.3. The van der Waals surface area contributed by atoms with E-state index >= 15 is 0 Å². The molecule has 0 N–H and O–H groups in total. The van der Waals surface area contributed by atoms with Gasteiger partial charge in [-0.15, -0.1) is 13.2 Å². The Morgan fingerprint density at radius 2 is 1.57 bits per heavy atom. The Morgan fingerprint density at radius 1 is 1.14 bits per heavy atom. The van der Waals surface area contributed by atoms with E-state index in [9.17, 15) is 4.79 Å². The van der Waals surface area contributed by atoms with Gasteiger partial charge >= 0.3 is 5.97 Å². The Kier molecular flexibility index (Phi) is 5.30. The third kappa shape index (κ3) is 4.45. The number of carbonyl (C=O) groups is 1. The number of esters is 1. The van der Waals surface area contributed by atoms with E-state index in [0.717, 1.165) is 11.1 Å². The minimum atomic E-state index is -0.278. The molecule has 0 fully saturated rings. The van der Waals surface area contributed by atoms with Crippen LogP contribution in [0.4, 0.5) is 0 Å². The van der Waals surface area contributed by atoms with Gasteiger partial charge in [0, 0.05) is 6.92 Å². The first-order valence-corrected chi connectivity index (χ1v) is 4.34. The van der Waals surface area contributed by atoms with E-state index in [-0.39, 0.29) is 5.97 Å². The van der Waals surface area contributed by atoms with Gasteiger partial charge in [0.25, 0.3) is 0 Å². The van der Waals surface area contributed by atoms with Gasteiger partial charge in [0.05, 0.1) is 0 Å². The van der Waals surface area contributed by atoms with Crippen molar-refractivity contribution in [2.45, 2.75) is 20.8 Å². The van der Waals surface area contributed by atoms with E-state index < -0.39 is 0 Å². The molecular formula is C12H16O2. The fraction of sp³-hybridized carbons (Fsp3) is 0.250. The van der Waals surface area contributed by atoms with Gasteiger partial charge in [0.15, 0.2) is 0 Å². The van der Waals surface area contributed by atoms with E-state index in [1.165, 1.54) is 6.92 Å². The third-order valence-corrected chi connectivity index (χ3v) is 1.46. The topological polar surface area (TPSA) is 26.3 Å². The monoisotopic (exact) mass is 192 g/mol. The number of carbonyl (C=O) groups excluding carboxylic acids is 1. The van der Waals surface area contributed by atoms with Crippen LogP contribution in [0.5, 0.6) is 5.75 Å². The van der Waals surface area contributed by atoms with Crippen LogP contribution < -0.4 is 4.74 Å². The average molecular weight is 192 g/mol. The van der Waals surface area contributed by atoms with Crippen LogP contribution in [0.2, 0.25) is 0 Å². The molecule has 0 unspecified atom stereocenters. The van der Waals surface area contributed by atoms with Crippen LogP contribution in [0, 0.1) is 13.8 Å². The Morgan fingerprint density at radius 3 is 1.93 bits per heavy atom. The third-order valence-electron chi connectivity index (χ3n) is 1.46. The molecule has 0 saturated carbocycles. The van der Waals surface area contributed by atoms with Crippen molar-refractivity contribution in [3.8, 4) is 5.75 Å². The van der Waals surface area contributed by atoms with Crippen LogP contribution in [0.25, 0.3) is 0 Å². The molecule has 0 aliphatic carbocycles. The van der Waals surface area contributed by atoms with Gasteiger partial charge in [-0.25, -0.2) is 0 Å². The molecule has 0 spiro atoms. The number of aryl methyl sites for hydroxylation is 2. The fourth-order valence-corrected chi connectivity index (χ4v) is 1.16. The molecule has 1 aromatic carbocycles. The first kappa shape index (κ1) is 12.4. The molecule has 0 amide bonds. The lowest BCUT2D eigenvalue weighted by molar-refractivity contribution is -0.131. The second kappa shape index (κ2) is 5.97. The highest BCUT2D eigenvalue weighted by Gasteiger charge is 1.98. The zero-order valence-corrected chi connectivity index (χ0v) is 8.96. The lowest BCUT2D eigenvalue weighted by Gasteiger charge is -2.03. The largest absolute Gasteiger partial charge is 0.427 e. The molecule has 0 atom stereocenters. The van der Waals surface area contributed by atoms with Crippen molar-refractivity contribution in [1.82, 2.24) is 0 Å². The van der Waals surface area contributed by atoms with E-state index in [1.54, 1.807) is 0 Å². The Hall–Kier alpha value is -1.57. The molecule has 0 aromatic heterocycles. The predicted octanol–water partition coefficient (Wildman–Crippen LogP) is 3.03. The van der Waals surface area contributed by atoms with E-state index in [4.69, 9.17) is 4.74 Å². The van der Waals surface area contributed by atoms with Gasteiger partial charge in [0.1, 0.15) is 5.75 Å². The molecule has 0 saturated heterocycles. The van der Waals surface area contributed by atoms with Gasteiger partial charge in [-0.2, -0.15) is 0 Å². The van der Waals surface area contributed by atoms with Crippen LogP contribution in [0.15, 0.2) is 31.4 Å². The van der Waals surface area contributed by atoms with Crippen molar-refractivity contribution in [1.29, 1.82) is 0 Å². The summed E-state index contributed by atoms with van der Waals surface area (Å²) in [4.78, 5) is 10.6. The highest BCUT2D eigenvalue weighted by Crippen LogP contribution is 2.15. The van der Waals surface area contributed by atoms with E-state index in [1.807, 2.05) is 32.0 Å². The summed E-state index contributed by atoms with van der Waals surface area (Å²) in [7, 11) is 0. The molecule has 76 valence electrons. The molecule has 1 aromatic rings. The lowest BCUT2D eigenvalue weighted by Crippen LogP contribution is -2.01. The van der Waals surface area contributed by atoms with Crippen molar-refractivity contribution in [3.63, 3.8) is 0 Å². The molecular weight excluding hydrogens is 176 g/mol. The number of ether oxygens (including phenoxy) is 1. The molecule has 0 aliphatic heterocycles. The SMILES string of the molecule is C=C.CC(=O)Oc1cc(C)cc(C)c1. The first-order chi connectivity index (χ1) is 6.58. The standard InChI is InChI=1S/C10H12O2.C2H4/c1-7-4-8(2)6-10(5-7)12-9(3)11;1-2/h4-6H,1-3H3;1-2H2. The maximum Gasteiger partial charge on any atom is 0.308 e. The molecule has 1 rings (SSSR count). The van der Waals surface area contributed by atoms with Crippen LogP contribution in [-0.4, -0.2) is 5.97 Å². The van der Waals surface area contributed by atoms with Crippen LogP contribution in [0.3, 0.4) is 0 Å². The van der Waals surface area contributed by atoms with E-state index in [2.05, 4.69) is 13.2 Å². The number of rotatable bonds is 1. The maximum absolute atomic E-state index is 10.6. The minimum absolute atomic E-state index is 0.278. The van der Waals surface area contributed by atoms with Crippen LogP contribution in [-0.2, 0) is 4.79 Å². The maximum atomic E-state index is 10.6. The summed E-state index contributed by atoms with van der Waals surface area (Å²) in [5, 5.41) is 0. The molecule has 14 heavy (non-hydrogen) atoms. The Balaban J connectivity index is 0.000000791. The van der Waals surface area contributed by atoms with Crippen molar-refractivity contribution in [2.24, 2.45) is 0 Å². The highest BCUT2D eigenvalue weighted by atomic mass is 16.5. The van der Waals surface area contributed by atoms with Gasteiger partial charge in [0.2, 0.25) is 0 Å². The van der Waals surface area contributed by atoms with Crippen molar-refractivity contribution in [2.75, 3.05) is 0 Å². The van der Waals surface area contributed by atoms with Crippen LogP contribution in [0.1, 0.15) is 18.1 Å². The van der Waals surface area contributed by atoms with Gasteiger partial charge in [-0.3, -0.25) is 4.79 Å². The van der Waals surface area contributed by atoms with Crippen LogP contribution >= 0.6 is 0 Å². The smallest absolute Gasteiger partial charge is 0.308 e. The lowest BCUT2D eigenvalue weighted by atomic mass is 10.1. The summed E-state index contributed by atoms with van der Waals surface area (Å²) in [5.74, 6) is 0.347. The molecule has 2 nitrogen and oxygen atoms in total. The second-order valence-corrected chi connectivity index (χ2v) is 2.92.